The van der Waals surface area contributed by atoms with Crippen LogP contribution in [0.25, 0.3) is 0 Å². The topological polar surface area (TPSA) is 58.4 Å². The number of rotatable bonds is 4. The summed E-state index contributed by atoms with van der Waals surface area (Å²) in [5.74, 6) is 0.141. The SMILES string of the molecule is CC(C)[C@H](NC1CCN(C(N)=O)CC1)c1cccc(C(F)(F)F)c1. The highest BCUT2D eigenvalue weighted by Crippen LogP contribution is 2.32. The van der Waals surface area contributed by atoms with Gasteiger partial charge in [0.15, 0.2) is 0 Å². The van der Waals surface area contributed by atoms with Crippen molar-refractivity contribution in [3.63, 3.8) is 0 Å². The number of nitrogens with one attached hydrogen (secondary N) is 1. The van der Waals surface area contributed by atoms with E-state index in [4.69, 9.17) is 5.73 Å². The number of alkyl halides is 3. The Labute approximate surface area is 140 Å². The predicted octanol–water partition coefficient (Wildman–Crippen LogP) is 3.54. The number of carbonyl (C=O) groups is 1. The number of nitrogens with zero attached hydrogens (tertiary/aromatic N) is 1. The van der Waals surface area contributed by atoms with Crippen LogP contribution in [0, 0.1) is 5.92 Å². The standard InChI is InChI=1S/C17H24F3N3O/c1-11(2)15(12-4-3-5-13(10-12)17(18,19)20)22-14-6-8-23(9-7-14)16(21)24/h3-5,10-11,14-15,22H,6-9H2,1-2H3,(H2,21,24)/t15-/m0/s1. The van der Waals surface area contributed by atoms with Crippen LogP contribution in [0.1, 0.15) is 43.9 Å². The average Bonchev–Trinajstić information content (AvgIpc) is 2.52. The summed E-state index contributed by atoms with van der Waals surface area (Å²) in [6, 6.07) is 5.05. The zero-order valence-corrected chi connectivity index (χ0v) is 13.9. The molecule has 1 heterocycles. The maximum atomic E-state index is 12.9. The molecule has 2 amide bonds. The zero-order valence-electron chi connectivity index (χ0n) is 13.9. The van der Waals surface area contributed by atoms with Gasteiger partial charge in [-0.2, -0.15) is 13.2 Å². The van der Waals surface area contributed by atoms with E-state index in [-0.39, 0.29) is 18.0 Å². The molecule has 0 bridgehead atoms. The monoisotopic (exact) mass is 343 g/mol. The molecule has 1 aromatic carbocycles. The second-order valence-electron chi connectivity index (χ2n) is 6.61. The van der Waals surface area contributed by atoms with Crippen LogP contribution < -0.4 is 11.1 Å². The highest BCUT2D eigenvalue weighted by atomic mass is 19.4. The van der Waals surface area contributed by atoms with Crippen molar-refractivity contribution in [1.82, 2.24) is 10.2 Å². The third-order valence-electron chi connectivity index (χ3n) is 4.46. The second-order valence-corrected chi connectivity index (χ2v) is 6.61. The van der Waals surface area contributed by atoms with Gasteiger partial charge in [-0.3, -0.25) is 0 Å². The molecule has 0 aromatic heterocycles. The number of hydrogen-bond acceptors (Lipinski definition) is 2. The van der Waals surface area contributed by atoms with E-state index in [1.54, 1.807) is 11.0 Å². The van der Waals surface area contributed by atoms with Crippen LogP contribution in [-0.2, 0) is 6.18 Å². The second kappa shape index (κ2) is 7.42. The molecule has 0 saturated carbocycles. The van der Waals surface area contributed by atoms with Gasteiger partial charge in [0.05, 0.1) is 5.56 Å². The van der Waals surface area contributed by atoms with E-state index < -0.39 is 17.8 Å². The molecule has 134 valence electrons. The Morgan fingerprint density at radius 1 is 1.29 bits per heavy atom. The van der Waals surface area contributed by atoms with Crippen LogP contribution >= 0.6 is 0 Å². The van der Waals surface area contributed by atoms with Crippen LogP contribution in [0.5, 0.6) is 0 Å². The number of primary amides is 1. The minimum Gasteiger partial charge on any atom is -0.351 e. The summed E-state index contributed by atoms with van der Waals surface area (Å²) in [6.45, 7) is 5.10. The van der Waals surface area contributed by atoms with Crippen LogP contribution in [-0.4, -0.2) is 30.1 Å². The number of piperidine rings is 1. The van der Waals surface area contributed by atoms with Crippen molar-refractivity contribution in [2.75, 3.05) is 13.1 Å². The van der Waals surface area contributed by atoms with E-state index in [0.717, 1.165) is 18.9 Å². The van der Waals surface area contributed by atoms with Gasteiger partial charge in [-0.05, 0) is 36.5 Å². The molecule has 7 heteroatoms. The van der Waals surface area contributed by atoms with Crippen molar-refractivity contribution in [1.29, 1.82) is 0 Å². The van der Waals surface area contributed by atoms with Gasteiger partial charge >= 0.3 is 12.2 Å². The summed E-state index contributed by atoms with van der Waals surface area (Å²) in [4.78, 5) is 12.8. The Balaban J connectivity index is 2.09. The summed E-state index contributed by atoms with van der Waals surface area (Å²) in [7, 11) is 0. The van der Waals surface area contributed by atoms with E-state index in [9.17, 15) is 18.0 Å². The number of likely N-dealkylation sites (tertiary alicyclic amines) is 1. The molecule has 1 saturated heterocycles. The summed E-state index contributed by atoms with van der Waals surface area (Å²) in [5, 5.41) is 3.46. The van der Waals surface area contributed by atoms with Crippen molar-refractivity contribution >= 4 is 6.03 Å². The fraction of sp³-hybridized carbons (Fsp3) is 0.588. The summed E-state index contributed by atoms with van der Waals surface area (Å²) < 4.78 is 38.8. The van der Waals surface area contributed by atoms with Crippen LogP contribution in [0.2, 0.25) is 0 Å². The maximum absolute atomic E-state index is 12.9. The average molecular weight is 343 g/mol. The molecular formula is C17H24F3N3O. The fourth-order valence-electron chi connectivity index (χ4n) is 3.10. The predicted molar refractivity (Wildman–Crippen MR) is 86.3 cm³/mol. The minimum atomic E-state index is -4.34. The molecule has 0 radical (unpaired) electrons. The van der Waals surface area contributed by atoms with Gasteiger partial charge in [0.2, 0.25) is 0 Å². The molecule has 2 rings (SSSR count). The highest BCUT2D eigenvalue weighted by Gasteiger charge is 2.32. The van der Waals surface area contributed by atoms with Crippen molar-refractivity contribution in [3.05, 3.63) is 35.4 Å². The minimum absolute atomic E-state index is 0.141. The number of hydrogen-bond donors (Lipinski definition) is 2. The highest BCUT2D eigenvalue weighted by molar-refractivity contribution is 5.72. The normalized spacial score (nSPS) is 18.0. The molecule has 1 fully saturated rings. The number of benzene rings is 1. The first-order chi connectivity index (χ1) is 11.2. The van der Waals surface area contributed by atoms with E-state index in [0.29, 0.717) is 18.7 Å². The Morgan fingerprint density at radius 2 is 1.92 bits per heavy atom. The molecule has 0 unspecified atom stereocenters. The number of carbonyl (C=O) groups excluding carboxylic acids is 1. The molecule has 4 nitrogen and oxygen atoms in total. The molecule has 1 aromatic rings. The number of amides is 2. The van der Waals surface area contributed by atoms with Crippen molar-refractivity contribution in [3.8, 4) is 0 Å². The lowest BCUT2D eigenvalue weighted by Crippen LogP contribution is -2.48. The quantitative estimate of drug-likeness (QED) is 0.878. The lowest BCUT2D eigenvalue weighted by Gasteiger charge is -2.35. The van der Waals surface area contributed by atoms with Gasteiger partial charge in [0.25, 0.3) is 0 Å². The molecule has 0 spiro atoms. The first kappa shape index (κ1) is 18.6. The van der Waals surface area contributed by atoms with Gasteiger partial charge in [-0.25, -0.2) is 4.79 Å². The van der Waals surface area contributed by atoms with Gasteiger partial charge < -0.3 is 16.0 Å². The summed E-state index contributed by atoms with van der Waals surface area (Å²) >= 11 is 0. The Hall–Kier alpha value is -1.76. The van der Waals surface area contributed by atoms with Crippen molar-refractivity contribution < 1.29 is 18.0 Å². The number of halogens is 3. The van der Waals surface area contributed by atoms with Gasteiger partial charge in [0, 0.05) is 25.2 Å². The van der Waals surface area contributed by atoms with Crippen LogP contribution in [0.3, 0.4) is 0 Å². The molecule has 24 heavy (non-hydrogen) atoms. The smallest absolute Gasteiger partial charge is 0.351 e. The fourth-order valence-corrected chi connectivity index (χ4v) is 3.10. The Kier molecular flexibility index (Phi) is 5.74. The molecule has 1 atom stereocenters. The first-order valence-corrected chi connectivity index (χ1v) is 8.16. The van der Waals surface area contributed by atoms with Gasteiger partial charge in [0.1, 0.15) is 0 Å². The number of urea groups is 1. The lowest BCUT2D eigenvalue weighted by molar-refractivity contribution is -0.137. The third-order valence-corrected chi connectivity index (χ3v) is 4.46. The van der Waals surface area contributed by atoms with Crippen LogP contribution in [0.15, 0.2) is 24.3 Å². The van der Waals surface area contributed by atoms with Crippen molar-refractivity contribution in [2.24, 2.45) is 11.7 Å². The molecule has 0 aliphatic carbocycles. The molecule has 3 N–H and O–H groups in total. The largest absolute Gasteiger partial charge is 0.416 e. The Bertz CT molecular complexity index is 566. The van der Waals surface area contributed by atoms with Gasteiger partial charge in [-0.1, -0.05) is 26.0 Å². The summed E-state index contributed by atoms with van der Waals surface area (Å²) in [6.07, 6.45) is -2.86. The molecule has 1 aliphatic heterocycles. The maximum Gasteiger partial charge on any atom is 0.416 e. The van der Waals surface area contributed by atoms with E-state index in [2.05, 4.69) is 5.32 Å². The summed E-state index contributed by atoms with van der Waals surface area (Å²) in [5.41, 5.74) is 5.28. The van der Waals surface area contributed by atoms with Gasteiger partial charge in [-0.15, -0.1) is 0 Å². The third kappa shape index (κ3) is 4.63. The van der Waals surface area contributed by atoms with E-state index >= 15 is 0 Å². The molecular weight excluding hydrogens is 319 g/mol. The van der Waals surface area contributed by atoms with E-state index in [1.807, 2.05) is 13.8 Å². The lowest BCUT2D eigenvalue weighted by atomic mass is 9.92. The number of nitrogens with two attached hydrogens (primary N) is 1. The zero-order chi connectivity index (χ0) is 17.9. The molecule has 1 aliphatic rings. The Morgan fingerprint density at radius 3 is 2.42 bits per heavy atom. The van der Waals surface area contributed by atoms with E-state index in [1.165, 1.54) is 12.1 Å². The van der Waals surface area contributed by atoms with Crippen molar-refractivity contribution in [2.45, 2.75) is 44.9 Å². The first-order valence-electron chi connectivity index (χ1n) is 8.16. The van der Waals surface area contributed by atoms with Crippen LogP contribution in [0.4, 0.5) is 18.0 Å².